The number of nitrogens with one attached hydrogen (secondary N) is 1. The fraction of sp³-hybridized carbons (Fsp3) is 0. The summed E-state index contributed by atoms with van der Waals surface area (Å²) in [5.41, 5.74) is 1.52. The maximum absolute atomic E-state index is 12.2. The van der Waals surface area contributed by atoms with E-state index in [1.54, 1.807) is 66.7 Å². The largest absolute Gasteiger partial charge is 0.423 e. The van der Waals surface area contributed by atoms with Gasteiger partial charge in [-0.05, 0) is 36.4 Å². The van der Waals surface area contributed by atoms with E-state index in [0.717, 1.165) is 0 Å². The van der Waals surface area contributed by atoms with Gasteiger partial charge in [0, 0.05) is 5.56 Å². The van der Waals surface area contributed by atoms with E-state index in [0.29, 0.717) is 33.6 Å². The number of H-pyrrole nitrogens is 1. The lowest BCUT2D eigenvalue weighted by molar-refractivity contribution is 0.0735. The minimum atomic E-state index is -0.442. The van der Waals surface area contributed by atoms with E-state index in [1.165, 1.54) is 0 Å². The Morgan fingerprint density at radius 1 is 0.885 bits per heavy atom. The van der Waals surface area contributed by atoms with E-state index in [-0.39, 0.29) is 5.56 Å². The van der Waals surface area contributed by atoms with Gasteiger partial charge in [0.15, 0.2) is 0 Å². The molecule has 5 nitrogen and oxygen atoms in total. The number of carbonyl (C=O) groups excluding carboxylic acids is 1. The highest BCUT2D eigenvalue weighted by atomic mass is 16.5. The fourth-order valence-corrected chi connectivity index (χ4v) is 2.67. The summed E-state index contributed by atoms with van der Waals surface area (Å²) in [7, 11) is 0. The highest BCUT2D eigenvalue weighted by molar-refractivity contribution is 5.91. The molecule has 0 saturated carbocycles. The molecule has 0 amide bonds. The summed E-state index contributed by atoms with van der Waals surface area (Å²) in [5.74, 6) is 0.362. The van der Waals surface area contributed by atoms with Gasteiger partial charge in [0.25, 0.3) is 5.56 Å². The summed E-state index contributed by atoms with van der Waals surface area (Å²) in [6.07, 6.45) is 0. The lowest BCUT2D eigenvalue weighted by atomic mass is 10.2. The van der Waals surface area contributed by atoms with Crippen molar-refractivity contribution in [2.45, 2.75) is 0 Å². The SMILES string of the molecule is O=C(Oc1cccc(-c2nc3ccccc3c(=O)[nH]2)c1)c1ccccc1. The first-order chi connectivity index (χ1) is 12.7. The molecule has 126 valence electrons. The number of aromatic nitrogens is 2. The molecule has 0 saturated heterocycles. The van der Waals surface area contributed by atoms with Crippen LogP contribution in [0.2, 0.25) is 0 Å². The fourth-order valence-electron chi connectivity index (χ4n) is 2.67. The predicted molar refractivity (Wildman–Crippen MR) is 99.2 cm³/mol. The molecule has 4 rings (SSSR count). The van der Waals surface area contributed by atoms with Crippen LogP contribution in [0.4, 0.5) is 0 Å². The third-order valence-electron chi connectivity index (χ3n) is 3.94. The molecule has 0 unspecified atom stereocenters. The Morgan fingerprint density at radius 2 is 1.65 bits per heavy atom. The zero-order valence-electron chi connectivity index (χ0n) is 13.7. The van der Waals surface area contributed by atoms with Crippen LogP contribution in [0.25, 0.3) is 22.3 Å². The molecule has 1 N–H and O–H groups in total. The summed E-state index contributed by atoms with van der Waals surface area (Å²) in [5, 5.41) is 0.530. The number of esters is 1. The van der Waals surface area contributed by atoms with Crippen LogP contribution in [0.15, 0.2) is 83.7 Å². The maximum atomic E-state index is 12.2. The van der Waals surface area contributed by atoms with Gasteiger partial charge < -0.3 is 9.72 Å². The van der Waals surface area contributed by atoms with Crippen molar-refractivity contribution in [2.24, 2.45) is 0 Å². The second-order valence-electron chi connectivity index (χ2n) is 5.72. The molecule has 1 aromatic heterocycles. The van der Waals surface area contributed by atoms with Crippen molar-refractivity contribution in [3.8, 4) is 17.1 Å². The molecular formula is C21H14N2O3. The molecule has 0 aliphatic carbocycles. The third-order valence-corrected chi connectivity index (χ3v) is 3.94. The zero-order valence-corrected chi connectivity index (χ0v) is 13.7. The minimum Gasteiger partial charge on any atom is -0.423 e. The smallest absolute Gasteiger partial charge is 0.343 e. The van der Waals surface area contributed by atoms with Crippen LogP contribution >= 0.6 is 0 Å². The number of rotatable bonds is 3. The van der Waals surface area contributed by atoms with E-state index in [9.17, 15) is 9.59 Å². The number of benzene rings is 3. The van der Waals surface area contributed by atoms with Crippen molar-refractivity contribution in [1.82, 2.24) is 9.97 Å². The van der Waals surface area contributed by atoms with Crippen LogP contribution in [0.5, 0.6) is 5.75 Å². The third kappa shape index (κ3) is 3.10. The molecule has 0 radical (unpaired) electrons. The van der Waals surface area contributed by atoms with E-state index in [4.69, 9.17) is 4.74 Å². The van der Waals surface area contributed by atoms with E-state index < -0.39 is 5.97 Å². The lowest BCUT2D eigenvalue weighted by Gasteiger charge is -2.07. The van der Waals surface area contributed by atoms with Gasteiger partial charge in [-0.1, -0.05) is 42.5 Å². The molecule has 5 heteroatoms. The Labute approximate surface area is 148 Å². The Bertz CT molecular complexity index is 1150. The van der Waals surface area contributed by atoms with E-state index >= 15 is 0 Å². The second-order valence-corrected chi connectivity index (χ2v) is 5.72. The van der Waals surface area contributed by atoms with Gasteiger partial charge in [-0.2, -0.15) is 0 Å². The Hall–Kier alpha value is -3.73. The zero-order chi connectivity index (χ0) is 17.9. The van der Waals surface area contributed by atoms with Gasteiger partial charge in [-0.3, -0.25) is 4.79 Å². The summed E-state index contributed by atoms with van der Waals surface area (Å²) in [4.78, 5) is 31.7. The van der Waals surface area contributed by atoms with Gasteiger partial charge in [0.1, 0.15) is 11.6 Å². The molecule has 0 aliphatic heterocycles. The Morgan fingerprint density at radius 3 is 2.50 bits per heavy atom. The van der Waals surface area contributed by atoms with Crippen LogP contribution in [0.3, 0.4) is 0 Å². The number of nitrogens with zero attached hydrogens (tertiary/aromatic N) is 1. The summed E-state index contributed by atoms with van der Waals surface area (Å²) in [6, 6.07) is 22.8. The standard InChI is InChI=1S/C21H14N2O3/c24-20-17-11-4-5-12-18(17)22-19(23-20)15-9-6-10-16(13-15)26-21(25)14-7-2-1-3-8-14/h1-13H,(H,22,23,24). The second kappa shape index (κ2) is 6.64. The normalized spacial score (nSPS) is 10.6. The Balaban J connectivity index is 1.68. The van der Waals surface area contributed by atoms with Crippen LogP contribution in [0.1, 0.15) is 10.4 Å². The van der Waals surface area contributed by atoms with Crippen LogP contribution in [-0.4, -0.2) is 15.9 Å². The summed E-state index contributed by atoms with van der Waals surface area (Å²) in [6.45, 7) is 0. The Kier molecular flexibility index (Phi) is 4.03. The number of para-hydroxylation sites is 1. The predicted octanol–water partition coefficient (Wildman–Crippen LogP) is 3.81. The molecule has 4 aromatic rings. The van der Waals surface area contributed by atoms with E-state index in [1.807, 2.05) is 12.1 Å². The number of hydrogen-bond donors (Lipinski definition) is 1. The van der Waals surface area contributed by atoms with Crippen LogP contribution < -0.4 is 10.3 Å². The number of hydrogen-bond acceptors (Lipinski definition) is 4. The van der Waals surface area contributed by atoms with Crippen molar-refractivity contribution in [2.75, 3.05) is 0 Å². The van der Waals surface area contributed by atoms with Gasteiger partial charge in [0.2, 0.25) is 0 Å². The molecule has 1 heterocycles. The van der Waals surface area contributed by atoms with Crippen LogP contribution in [0, 0.1) is 0 Å². The van der Waals surface area contributed by atoms with Crippen molar-refractivity contribution in [3.05, 3.63) is 94.8 Å². The maximum Gasteiger partial charge on any atom is 0.343 e. The average Bonchev–Trinajstić information content (AvgIpc) is 2.69. The first-order valence-corrected chi connectivity index (χ1v) is 8.07. The molecule has 0 fully saturated rings. The van der Waals surface area contributed by atoms with Gasteiger partial charge in [-0.25, -0.2) is 9.78 Å². The van der Waals surface area contributed by atoms with Gasteiger partial charge >= 0.3 is 5.97 Å². The lowest BCUT2D eigenvalue weighted by Crippen LogP contribution is -2.10. The number of carbonyl (C=O) groups is 1. The van der Waals surface area contributed by atoms with Crippen molar-refractivity contribution >= 4 is 16.9 Å². The molecule has 3 aromatic carbocycles. The van der Waals surface area contributed by atoms with Crippen LogP contribution in [-0.2, 0) is 0 Å². The number of ether oxygens (including phenoxy) is 1. The highest BCUT2D eigenvalue weighted by Crippen LogP contribution is 2.22. The van der Waals surface area contributed by atoms with Gasteiger partial charge in [0.05, 0.1) is 16.5 Å². The van der Waals surface area contributed by atoms with Crippen molar-refractivity contribution in [1.29, 1.82) is 0 Å². The molecule has 0 atom stereocenters. The quantitative estimate of drug-likeness (QED) is 0.454. The summed E-state index contributed by atoms with van der Waals surface area (Å²) >= 11 is 0. The van der Waals surface area contributed by atoms with E-state index in [2.05, 4.69) is 9.97 Å². The number of fused-ring (bicyclic) bond motifs is 1. The first kappa shape index (κ1) is 15.8. The summed E-state index contributed by atoms with van der Waals surface area (Å²) < 4.78 is 5.42. The first-order valence-electron chi connectivity index (χ1n) is 8.07. The van der Waals surface area contributed by atoms with Gasteiger partial charge in [-0.15, -0.1) is 0 Å². The minimum absolute atomic E-state index is 0.211. The molecule has 0 bridgehead atoms. The number of aromatic amines is 1. The van der Waals surface area contributed by atoms with Crippen molar-refractivity contribution < 1.29 is 9.53 Å². The monoisotopic (exact) mass is 342 g/mol. The molecular weight excluding hydrogens is 328 g/mol. The van der Waals surface area contributed by atoms with Crippen molar-refractivity contribution in [3.63, 3.8) is 0 Å². The molecule has 0 spiro atoms. The molecule has 0 aliphatic rings. The average molecular weight is 342 g/mol. The highest BCUT2D eigenvalue weighted by Gasteiger charge is 2.10. The topological polar surface area (TPSA) is 72.0 Å². The molecule has 26 heavy (non-hydrogen) atoms.